The lowest BCUT2D eigenvalue weighted by Crippen LogP contribution is -2.39. The molecule has 0 aromatic rings. The maximum absolute atomic E-state index is 11.2. The highest BCUT2D eigenvalue weighted by Gasteiger charge is 2.26. The Bertz CT molecular complexity index is 240. The molecule has 6 heteroatoms. The maximum Gasteiger partial charge on any atom is 0.313 e. The molecule has 0 radical (unpaired) electrons. The van der Waals surface area contributed by atoms with Gasteiger partial charge in [-0.25, -0.2) is 0 Å². The van der Waals surface area contributed by atoms with Gasteiger partial charge in [-0.05, 0) is 18.8 Å². The summed E-state index contributed by atoms with van der Waals surface area (Å²) in [5.41, 5.74) is 0. The molecule has 5 nitrogen and oxygen atoms in total. The average molecular weight is 233 g/mol. The fraction of sp³-hybridized carbons (Fsp3) is 0.778. The van der Waals surface area contributed by atoms with Crippen molar-refractivity contribution < 1.29 is 19.8 Å². The molecule has 1 saturated carbocycles. The summed E-state index contributed by atoms with van der Waals surface area (Å²) in [4.78, 5) is 21.3. The van der Waals surface area contributed by atoms with E-state index in [1.54, 1.807) is 0 Å². The second-order valence-corrected chi connectivity index (χ2v) is 4.67. The molecule has 0 spiro atoms. The predicted molar refractivity (Wildman–Crippen MR) is 56.7 cm³/mol. The number of rotatable bonds is 6. The second-order valence-electron chi connectivity index (χ2n) is 3.68. The van der Waals surface area contributed by atoms with E-state index in [4.69, 9.17) is 10.2 Å². The highest BCUT2D eigenvalue weighted by molar-refractivity contribution is 8.00. The van der Waals surface area contributed by atoms with Crippen LogP contribution in [0.15, 0.2) is 0 Å². The van der Waals surface area contributed by atoms with E-state index in [2.05, 4.69) is 5.32 Å². The lowest BCUT2D eigenvalue weighted by atomic mass is 9.82. The first-order valence-corrected chi connectivity index (χ1v) is 5.97. The number of aliphatic carboxylic acids is 1. The molecule has 1 rings (SSSR count). The van der Waals surface area contributed by atoms with Gasteiger partial charge in [-0.3, -0.25) is 9.59 Å². The van der Waals surface area contributed by atoms with E-state index in [0.717, 1.165) is 24.6 Å². The van der Waals surface area contributed by atoms with E-state index in [1.807, 2.05) is 0 Å². The molecule has 15 heavy (non-hydrogen) atoms. The summed E-state index contributed by atoms with van der Waals surface area (Å²) in [5.74, 6) is -0.525. The van der Waals surface area contributed by atoms with Crippen LogP contribution in [0, 0.1) is 5.92 Å². The van der Waals surface area contributed by atoms with Crippen molar-refractivity contribution in [3.8, 4) is 0 Å². The molecule has 0 aromatic heterocycles. The number of aliphatic hydroxyl groups is 1. The number of carbonyl (C=O) groups is 2. The number of thioether (sulfide) groups is 1. The largest absolute Gasteiger partial charge is 0.481 e. The van der Waals surface area contributed by atoms with Gasteiger partial charge < -0.3 is 15.5 Å². The van der Waals surface area contributed by atoms with Gasteiger partial charge in [0.1, 0.15) is 0 Å². The second kappa shape index (κ2) is 5.97. The first kappa shape index (κ1) is 12.3. The lowest BCUT2D eigenvalue weighted by Gasteiger charge is -2.31. The van der Waals surface area contributed by atoms with E-state index in [9.17, 15) is 9.59 Å². The first-order valence-electron chi connectivity index (χ1n) is 4.82. The molecule has 86 valence electrons. The molecule has 1 aliphatic carbocycles. The zero-order valence-corrected chi connectivity index (χ0v) is 9.13. The first-order chi connectivity index (χ1) is 7.08. The van der Waals surface area contributed by atoms with Crippen LogP contribution in [0.3, 0.4) is 0 Å². The third-order valence-electron chi connectivity index (χ3n) is 2.26. The minimum absolute atomic E-state index is 0.0461. The van der Waals surface area contributed by atoms with Crippen LogP contribution in [-0.4, -0.2) is 46.2 Å². The number of carboxylic acid groups (broad SMARTS) is 1. The van der Waals surface area contributed by atoms with Crippen LogP contribution in [-0.2, 0) is 9.59 Å². The standard InChI is InChI=1S/C9H15NO4S/c11-7-1-6(2-7)3-10-8(12)4-15-5-9(13)14/h6-7,11H,1-5H2,(H,10,12)(H,13,14). The quantitative estimate of drug-likeness (QED) is 0.586. The van der Waals surface area contributed by atoms with Gasteiger partial charge in [0, 0.05) is 6.54 Å². The van der Waals surface area contributed by atoms with Crippen LogP contribution in [0.5, 0.6) is 0 Å². The van der Waals surface area contributed by atoms with Crippen molar-refractivity contribution in [1.29, 1.82) is 0 Å². The van der Waals surface area contributed by atoms with Crippen molar-refractivity contribution in [2.75, 3.05) is 18.1 Å². The van der Waals surface area contributed by atoms with Crippen LogP contribution in [0.25, 0.3) is 0 Å². The zero-order chi connectivity index (χ0) is 11.3. The van der Waals surface area contributed by atoms with Crippen molar-refractivity contribution in [2.24, 2.45) is 5.92 Å². The summed E-state index contributed by atoms with van der Waals surface area (Å²) >= 11 is 1.09. The third kappa shape index (κ3) is 5.03. The molecule has 0 aromatic carbocycles. The molecular weight excluding hydrogens is 218 g/mol. The van der Waals surface area contributed by atoms with Crippen LogP contribution in [0.1, 0.15) is 12.8 Å². The van der Waals surface area contributed by atoms with Gasteiger partial charge in [0.2, 0.25) is 5.91 Å². The van der Waals surface area contributed by atoms with Gasteiger partial charge in [-0.15, -0.1) is 11.8 Å². The zero-order valence-electron chi connectivity index (χ0n) is 8.31. The van der Waals surface area contributed by atoms with Gasteiger partial charge in [-0.1, -0.05) is 0 Å². The summed E-state index contributed by atoms with van der Waals surface area (Å²) in [6, 6.07) is 0. The Morgan fingerprint density at radius 2 is 2.00 bits per heavy atom. The van der Waals surface area contributed by atoms with Crippen molar-refractivity contribution in [1.82, 2.24) is 5.32 Å². The molecule has 0 aliphatic heterocycles. The van der Waals surface area contributed by atoms with Gasteiger partial charge in [-0.2, -0.15) is 0 Å². The monoisotopic (exact) mass is 233 g/mol. The van der Waals surface area contributed by atoms with Gasteiger partial charge >= 0.3 is 5.97 Å². The highest BCUT2D eigenvalue weighted by atomic mass is 32.2. The SMILES string of the molecule is O=C(O)CSCC(=O)NCC1CC(O)C1. The molecule has 1 aliphatic rings. The van der Waals surface area contributed by atoms with E-state index in [-0.39, 0.29) is 23.5 Å². The van der Waals surface area contributed by atoms with Gasteiger partial charge in [0.05, 0.1) is 17.6 Å². The average Bonchev–Trinajstić information content (AvgIpc) is 2.10. The Morgan fingerprint density at radius 3 is 2.53 bits per heavy atom. The molecule has 0 atom stereocenters. The minimum atomic E-state index is -0.907. The predicted octanol–water partition coefficient (Wildman–Crippen LogP) is -0.309. The summed E-state index contributed by atoms with van der Waals surface area (Å²) < 4.78 is 0. The van der Waals surface area contributed by atoms with Crippen molar-refractivity contribution >= 4 is 23.6 Å². The van der Waals surface area contributed by atoms with Gasteiger partial charge in [0.15, 0.2) is 0 Å². The molecule has 1 amide bonds. The van der Waals surface area contributed by atoms with Crippen molar-refractivity contribution in [3.05, 3.63) is 0 Å². The Balaban J connectivity index is 1.96. The minimum Gasteiger partial charge on any atom is -0.481 e. The molecule has 0 unspecified atom stereocenters. The molecular formula is C9H15NO4S. The van der Waals surface area contributed by atoms with Crippen molar-refractivity contribution in [2.45, 2.75) is 18.9 Å². The Kier molecular flexibility index (Phi) is 4.90. The summed E-state index contributed by atoms with van der Waals surface area (Å²) in [6.45, 7) is 0.587. The van der Waals surface area contributed by atoms with Crippen molar-refractivity contribution in [3.63, 3.8) is 0 Å². The molecule has 0 saturated heterocycles. The number of carboxylic acids is 1. The highest BCUT2D eigenvalue weighted by Crippen LogP contribution is 2.25. The normalized spacial score (nSPS) is 24.3. The van der Waals surface area contributed by atoms with Gasteiger partial charge in [0.25, 0.3) is 0 Å². The Hall–Kier alpha value is -0.750. The summed E-state index contributed by atoms with van der Waals surface area (Å²) in [5, 5.41) is 20.1. The molecule has 1 fully saturated rings. The van der Waals surface area contributed by atoms with E-state index >= 15 is 0 Å². The third-order valence-corrected chi connectivity index (χ3v) is 3.17. The number of amides is 1. The van der Waals surface area contributed by atoms with Crippen LogP contribution >= 0.6 is 11.8 Å². The number of hydrogen-bond acceptors (Lipinski definition) is 4. The van der Waals surface area contributed by atoms with E-state index in [0.29, 0.717) is 12.5 Å². The fourth-order valence-corrected chi connectivity index (χ4v) is 1.97. The van der Waals surface area contributed by atoms with E-state index < -0.39 is 5.97 Å². The number of hydrogen-bond donors (Lipinski definition) is 3. The number of aliphatic hydroxyl groups excluding tert-OH is 1. The summed E-state index contributed by atoms with van der Waals surface area (Å²) in [6.07, 6.45) is 1.30. The molecule has 3 N–H and O–H groups in total. The fourth-order valence-electron chi connectivity index (χ4n) is 1.41. The Labute approximate surface area is 92.2 Å². The summed E-state index contributed by atoms with van der Waals surface area (Å²) in [7, 11) is 0. The topological polar surface area (TPSA) is 86.6 Å². The smallest absolute Gasteiger partial charge is 0.313 e. The Morgan fingerprint density at radius 1 is 1.33 bits per heavy atom. The van der Waals surface area contributed by atoms with E-state index in [1.165, 1.54) is 0 Å². The lowest BCUT2D eigenvalue weighted by molar-refractivity contribution is -0.133. The van der Waals surface area contributed by atoms with Crippen LogP contribution in [0.4, 0.5) is 0 Å². The van der Waals surface area contributed by atoms with Crippen LogP contribution < -0.4 is 5.32 Å². The molecule has 0 bridgehead atoms. The number of nitrogens with one attached hydrogen (secondary N) is 1. The molecule has 0 heterocycles. The number of carbonyl (C=O) groups excluding carboxylic acids is 1. The van der Waals surface area contributed by atoms with Crippen LogP contribution in [0.2, 0.25) is 0 Å². The maximum atomic E-state index is 11.2.